The second-order valence-electron chi connectivity index (χ2n) is 4.70. The van der Waals surface area contributed by atoms with Crippen LogP contribution in [-0.4, -0.2) is 22.9 Å². The molecule has 0 unspecified atom stereocenters. The number of hydrogen-bond acceptors (Lipinski definition) is 2. The van der Waals surface area contributed by atoms with Crippen LogP contribution >= 0.6 is 24.0 Å². The first-order valence-electron chi connectivity index (χ1n) is 6.26. The van der Waals surface area contributed by atoms with Crippen LogP contribution in [0.5, 0.6) is 0 Å². The summed E-state index contributed by atoms with van der Waals surface area (Å²) in [5, 5.41) is 0.684. The van der Waals surface area contributed by atoms with Crippen molar-refractivity contribution in [1.29, 1.82) is 0 Å². The first kappa shape index (κ1) is 18.2. The van der Waals surface area contributed by atoms with Gasteiger partial charge < -0.3 is 10.6 Å². The van der Waals surface area contributed by atoms with Crippen LogP contribution in [0.1, 0.15) is 32.8 Å². The van der Waals surface area contributed by atoms with Crippen LogP contribution in [0.4, 0.5) is 0 Å². The van der Waals surface area contributed by atoms with E-state index in [-0.39, 0.29) is 24.4 Å². The first-order valence-corrected chi connectivity index (χ1v) is 6.64. The molecule has 1 aromatic rings. The van der Waals surface area contributed by atoms with Crippen LogP contribution in [0.3, 0.4) is 0 Å². The highest BCUT2D eigenvalue weighted by atomic mass is 35.5. The summed E-state index contributed by atoms with van der Waals surface area (Å²) < 4.78 is 0. The molecule has 3 nitrogen and oxygen atoms in total. The standard InChI is InChI=1S/C14H21ClN2O.ClH/c1-4-13(16)14(18)17(10(2)3)9-11-6-5-7-12(15)8-11;/h5-8,10,13H,4,9,16H2,1-3H3;1H/t13-;/m0./s1. The Hall–Kier alpha value is -0.770. The van der Waals surface area contributed by atoms with Crippen molar-refractivity contribution in [1.82, 2.24) is 4.90 Å². The second kappa shape index (κ2) is 8.41. The summed E-state index contributed by atoms with van der Waals surface area (Å²) in [6.45, 7) is 6.45. The van der Waals surface area contributed by atoms with E-state index in [4.69, 9.17) is 17.3 Å². The van der Waals surface area contributed by atoms with Gasteiger partial charge in [0.25, 0.3) is 0 Å². The van der Waals surface area contributed by atoms with Crippen molar-refractivity contribution in [2.45, 2.75) is 45.8 Å². The van der Waals surface area contributed by atoms with Crippen LogP contribution < -0.4 is 5.73 Å². The molecule has 0 aliphatic carbocycles. The van der Waals surface area contributed by atoms with Gasteiger partial charge >= 0.3 is 0 Å². The number of rotatable bonds is 5. The Morgan fingerprint density at radius 3 is 2.53 bits per heavy atom. The maximum atomic E-state index is 12.2. The highest BCUT2D eigenvalue weighted by Gasteiger charge is 2.22. The van der Waals surface area contributed by atoms with E-state index in [1.54, 1.807) is 4.90 Å². The predicted octanol–water partition coefficient (Wildman–Crippen LogP) is 3.24. The first-order chi connectivity index (χ1) is 8.45. The summed E-state index contributed by atoms with van der Waals surface area (Å²) in [4.78, 5) is 14.0. The Morgan fingerprint density at radius 2 is 2.05 bits per heavy atom. The van der Waals surface area contributed by atoms with E-state index in [1.807, 2.05) is 45.0 Å². The monoisotopic (exact) mass is 304 g/mol. The average Bonchev–Trinajstić information content (AvgIpc) is 2.34. The molecule has 0 aliphatic heterocycles. The quantitative estimate of drug-likeness (QED) is 0.908. The molecule has 1 atom stereocenters. The molecule has 108 valence electrons. The minimum Gasteiger partial charge on any atom is -0.335 e. The topological polar surface area (TPSA) is 46.3 Å². The SMILES string of the molecule is CC[C@H](N)C(=O)N(Cc1cccc(Cl)c1)C(C)C.Cl. The van der Waals surface area contributed by atoms with Gasteiger partial charge in [-0.2, -0.15) is 0 Å². The van der Waals surface area contributed by atoms with Crippen molar-refractivity contribution >= 4 is 29.9 Å². The number of carbonyl (C=O) groups is 1. The van der Waals surface area contributed by atoms with Gasteiger partial charge in [0.05, 0.1) is 6.04 Å². The van der Waals surface area contributed by atoms with Crippen molar-refractivity contribution < 1.29 is 4.79 Å². The number of nitrogens with two attached hydrogens (primary N) is 1. The molecular formula is C14H22Cl2N2O. The summed E-state index contributed by atoms with van der Waals surface area (Å²) in [7, 11) is 0. The number of halogens is 2. The Labute approximate surface area is 126 Å². The van der Waals surface area contributed by atoms with Crippen LogP contribution in [0.2, 0.25) is 5.02 Å². The molecule has 0 spiro atoms. The Morgan fingerprint density at radius 1 is 1.42 bits per heavy atom. The van der Waals surface area contributed by atoms with E-state index in [2.05, 4.69) is 0 Å². The smallest absolute Gasteiger partial charge is 0.240 e. The summed E-state index contributed by atoms with van der Waals surface area (Å²) in [6.07, 6.45) is 0.650. The number of amides is 1. The van der Waals surface area contributed by atoms with Crippen molar-refractivity contribution in [3.63, 3.8) is 0 Å². The lowest BCUT2D eigenvalue weighted by Gasteiger charge is -2.29. The minimum absolute atomic E-state index is 0. The average molecular weight is 305 g/mol. The molecule has 2 N–H and O–H groups in total. The zero-order valence-corrected chi connectivity index (χ0v) is 13.2. The van der Waals surface area contributed by atoms with Gasteiger partial charge in [-0.05, 0) is 38.0 Å². The van der Waals surface area contributed by atoms with Crippen molar-refractivity contribution in [2.24, 2.45) is 5.73 Å². The highest BCUT2D eigenvalue weighted by molar-refractivity contribution is 6.30. The lowest BCUT2D eigenvalue weighted by atomic mass is 10.1. The molecule has 19 heavy (non-hydrogen) atoms. The normalized spacial score (nSPS) is 11.9. The fourth-order valence-electron chi connectivity index (χ4n) is 1.73. The van der Waals surface area contributed by atoms with E-state index in [0.29, 0.717) is 18.0 Å². The summed E-state index contributed by atoms with van der Waals surface area (Å²) >= 11 is 5.95. The Kier molecular flexibility index (Phi) is 8.07. The van der Waals surface area contributed by atoms with Crippen LogP contribution in [0.25, 0.3) is 0 Å². The van der Waals surface area contributed by atoms with Gasteiger partial charge in [0.15, 0.2) is 0 Å². The third-order valence-electron chi connectivity index (χ3n) is 2.91. The predicted molar refractivity (Wildman–Crippen MR) is 82.7 cm³/mol. The van der Waals surface area contributed by atoms with E-state index in [0.717, 1.165) is 5.56 Å². The van der Waals surface area contributed by atoms with Crippen LogP contribution in [0.15, 0.2) is 24.3 Å². The summed E-state index contributed by atoms with van der Waals surface area (Å²) in [6, 6.07) is 7.25. The Bertz CT molecular complexity index is 410. The van der Waals surface area contributed by atoms with E-state index < -0.39 is 6.04 Å². The minimum atomic E-state index is -0.424. The van der Waals surface area contributed by atoms with Gasteiger partial charge in [0, 0.05) is 17.6 Å². The zero-order chi connectivity index (χ0) is 13.7. The number of carbonyl (C=O) groups excluding carboxylic acids is 1. The van der Waals surface area contributed by atoms with E-state index in [1.165, 1.54) is 0 Å². The van der Waals surface area contributed by atoms with Gasteiger partial charge in [0.1, 0.15) is 0 Å². The molecule has 5 heteroatoms. The molecule has 1 rings (SSSR count). The largest absolute Gasteiger partial charge is 0.335 e. The molecule has 0 saturated carbocycles. The highest BCUT2D eigenvalue weighted by Crippen LogP contribution is 2.15. The third-order valence-corrected chi connectivity index (χ3v) is 3.14. The number of benzene rings is 1. The second-order valence-corrected chi connectivity index (χ2v) is 5.14. The van der Waals surface area contributed by atoms with Crippen LogP contribution in [-0.2, 0) is 11.3 Å². The van der Waals surface area contributed by atoms with Crippen LogP contribution in [0, 0.1) is 0 Å². The fraction of sp³-hybridized carbons (Fsp3) is 0.500. The molecule has 0 heterocycles. The van der Waals surface area contributed by atoms with E-state index >= 15 is 0 Å². The lowest BCUT2D eigenvalue weighted by Crippen LogP contribution is -2.46. The van der Waals surface area contributed by atoms with Crippen molar-refractivity contribution in [2.75, 3.05) is 0 Å². The molecule has 1 aromatic carbocycles. The van der Waals surface area contributed by atoms with E-state index in [9.17, 15) is 4.79 Å². The molecule has 0 fully saturated rings. The van der Waals surface area contributed by atoms with Gasteiger partial charge in [-0.3, -0.25) is 4.79 Å². The fourth-order valence-corrected chi connectivity index (χ4v) is 1.95. The zero-order valence-electron chi connectivity index (χ0n) is 11.6. The van der Waals surface area contributed by atoms with Crippen molar-refractivity contribution in [3.05, 3.63) is 34.9 Å². The summed E-state index contributed by atoms with van der Waals surface area (Å²) in [5.74, 6) is -0.00697. The maximum Gasteiger partial charge on any atom is 0.240 e. The number of nitrogens with zero attached hydrogens (tertiary/aromatic N) is 1. The van der Waals surface area contributed by atoms with Gasteiger partial charge in [-0.15, -0.1) is 12.4 Å². The molecule has 0 radical (unpaired) electrons. The maximum absolute atomic E-state index is 12.2. The summed E-state index contributed by atoms with van der Waals surface area (Å²) in [5.41, 5.74) is 6.84. The van der Waals surface area contributed by atoms with Crippen molar-refractivity contribution in [3.8, 4) is 0 Å². The Balaban J connectivity index is 0.00000324. The molecule has 0 aromatic heterocycles. The van der Waals surface area contributed by atoms with Gasteiger partial charge in [-0.25, -0.2) is 0 Å². The molecular weight excluding hydrogens is 283 g/mol. The number of hydrogen-bond donors (Lipinski definition) is 1. The van der Waals surface area contributed by atoms with Gasteiger partial charge in [-0.1, -0.05) is 30.7 Å². The molecule has 0 bridgehead atoms. The van der Waals surface area contributed by atoms with Gasteiger partial charge in [0.2, 0.25) is 5.91 Å². The molecule has 0 aliphatic rings. The lowest BCUT2D eigenvalue weighted by molar-refractivity contribution is -0.135. The molecule has 0 saturated heterocycles. The third kappa shape index (κ3) is 5.39. The molecule has 1 amide bonds.